The van der Waals surface area contributed by atoms with Crippen molar-refractivity contribution in [1.82, 2.24) is 9.55 Å². The van der Waals surface area contributed by atoms with Gasteiger partial charge in [0.1, 0.15) is 5.69 Å². The Labute approximate surface area is 139 Å². The average molecular weight is 326 g/mol. The minimum atomic E-state index is -0.462. The normalized spacial score (nSPS) is 16.8. The van der Waals surface area contributed by atoms with Gasteiger partial charge in [-0.3, -0.25) is 14.9 Å². The molecule has 1 unspecified atom stereocenters. The number of carbonyl (C=O) groups excluding carboxylic acids is 1. The predicted molar refractivity (Wildman–Crippen MR) is 90.1 cm³/mol. The smallest absolute Gasteiger partial charge is 0.293 e. The summed E-state index contributed by atoms with van der Waals surface area (Å²) in [5, 5.41) is 14.6. The lowest BCUT2D eigenvalue weighted by Crippen LogP contribution is -2.21. The van der Waals surface area contributed by atoms with Gasteiger partial charge in [-0.05, 0) is 31.4 Å². The molecule has 124 valence electrons. The Kier molecular flexibility index (Phi) is 4.41. The van der Waals surface area contributed by atoms with E-state index in [1.165, 1.54) is 12.3 Å². The Bertz CT molecular complexity index is 810. The Hall–Kier alpha value is -2.96. The lowest BCUT2D eigenvalue weighted by atomic mass is 10.0. The molecule has 1 aromatic carbocycles. The molecule has 1 aromatic heterocycles. The zero-order valence-electron chi connectivity index (χ0n) is 13.3. The SMILES string of the molecule is Cn1ccnc1C(=O)c1ccc(NC2CC=CCC2)c([N+](=O)[O-])c1. The van der Waals surface area contributed by atoms with Crippen molar-refractivity contribution in [1.29, 1.82) is 0 Å². The van der Waals surface area contributed by atoms with Gasteiger partial charge in [-0.1, -0.05) is 12.2 Å². The molecule has 0 amide bonds. The molecule has 0 fully saturated rings. The third-order valence-corrected chi connectivity index (χ3v) is 4.11. The zero-order valence-corrected chi connectivity index (χ0v) is 13.3. The first-order valence-corrected chi connectivity index (χ1v) is 7.78. The van der Waals surface area contributed by atoms with Crippen molar-refractivity contribution in [2.24, 2.45) is 7.05 Å². The molecular weight excluding hydrogens is 308 g/mol. The molecule has 0 aliphatic heterocycles. The Morgan fingerprint density at radius 1 is 1.42 bits per heavy atom. The van der Waals surface area contributed by atoms with Crippen LogP contribution >= 0.6 is 0 Å². The number of hydrogen-bond donors (Lipinski definition) is 1. The maximum Gasteiger partial charge on any atom is 0.293 e. The van der Waals surface area contributed by atoms with Crippen LogP contribution in [0.25, 0.3) is 0 Å². The number of nitro groups is 1. The number of benzene rings is 1. The Morgan fingerprint density at radius 3 is 2.88 bits per heavy atom. The fraction of sp³-hybridized carbons (Fsp3) is 0.294. The zero-order chi connectivity index (χ0) is 17.1. The van der Waals surface area contributed by atoms with Crippen molar-refractivity contribution in [3.05, 3.63) is 64.2 Å². The fourth-order valence-corrected chi connectivity index (χ4v) is 2.80. The third kappa shape index (κ3) is 3.19. The van der Waals surface area contributed by atoms with Crippen LogP contribution in [0.4, 0.5) is 11.4 Å². The van der Waals surface area contributed by atoms with Crippen LogP contribution in [0.15, 0.2) is 42.7 Å². The number of rotatable bonds is 5. The van der Waals surface area contributed by atoms with Gasteiger partial charge in [-0.2, -0.15) is 0 Å². The minimum absolute atomic E-state index is 0.0930. The summed E-state index contributed by atoms with van der Waals surface area (Å²) in [4.78, 5) is 27.4. The van der Waals surface area contributed by atoms with E-state index < -0.39 is 4.92 Å². The number of nitrogens with zero attached hydrogens (tertiary/aromatic N) is 3. The summed E-state index contributed by atoms with van der Waals surface area (Å²) in [5.74, 6) is -0.0832. The van der Waals surface area contributed by atoms with E-state index in [-0.39, 0.29) is 28.9 Å². The molecule has 0 saturated heterocycles. The number of ketones is 1. The summed E-state index contributed by atoms with van der Waals surface area (Å²) in [6, 6.07) is 4.69. The number of hydrogen-bond acceptors (Lipinski definition) is 5. The van der Waals surface area contributed by atoms with E-state index in [1.54, 1.807) is 29.9 Å². The van der Waals surface area contributed by atoms with E-state index >= 15 is 0 Å². The van der Waals surface area contributed by atoms with Gasteiger partial charge in [0.15, 0.2) is 5.82 Å². The molecule has 7 nitrogen and oxygen atoms in total. The molecule has 0 bridgehead atoms. The second kappa shape index (κ2) is 6.66. The highest BCUT2D eigenvalue weighted by molar-refractivity contribution is 6.07. The Morgan fingerprint density at radius 2 is 2.25 bits per heavy atom. The highest BCUT2D eigenvalue weighted by Crippen LogP contribution is 2.29. The van der Waals surface area contributed by atoms with Crippen LogP contribution in [0.5, 0.6) is 0 Å². The number of aromatic nitrogens is 2. The summed E-state index contributed by atoms with van der Waals surface area (Å²) < 4.78 is 1.59. The van der Waals surface area contributed by atoms with Crippen LogP contribution in [0.2, 0.25) is 0 Å². The van der Waals surface area contributed by atoms with E-state index in [1.807, 2.05) is 0 Å². The first kappa shape index (κ1) is 15.9. The summed E-state index contributed by atoms with van der Waals surface area (Å²) >= 11 is 0. The van der Waals surface area contributed by atoms with Crippen molar-refractivity contribution in [3.63, 3.8) is 0 Å². The largest absolute Gasteiger partial charge is 0.376 e. The number of nitrogens with one attached hydrogen (secondary N) is 1. The van der Waals surface area contributed by atoms with Crippen molar-refractivity contribution >= 4 is 17.2 Å². The average Bonchev–Trinajstić information content (AvgIpc) is 3.01. The molecule has 7 heteroatoms. The number of anilines is 1. The van der Waals surface area contributed by atoms with Crippen LogP contribution in [-0.2, 0) is 7.05 Å². The number of carbonyl (C=O) groups is 1. The number of imidazole rings is 1. The van der Waals surface area contributed by atoms with Crippen LogP contribution < -0.4 is 5.32 Å². The van der Waals surface area contributed by atoms with Gasteiger partial charge in [-0.25, -0.2) is 4.98 Å². The first-order chi connectivity index (χ1) is 11.6. The standard InChI is InChI=1S/C17H18N4O3/c1-20-10-9-18-17(20)16(22)12-7-8-14(15(11-12)21(23)24)19-13-5-3-2-4-6-13/h2-3,7-11,13,19H,4-6H2,1H3. The molecule has 3 rings (SSSR count). The third-order valence-electron chi connectivity index (χ3n) is 4.11. The van der Waals surface area contributed by atoms with E-state index in [9.17, 15) is 14.9 Å². The number of nitro benzene ring substituents is 1. The van der Waals surface area contributed by atoms with Gasteiger partial charge in [0.2, 0.25) is 5.78 Å². The van der Waals surface area contributed by atoms with E-state index in [4.69, 9.17) is 0 Å². The minimum Gasteiger partial charge on any atom is -0.376 e. The number of allylic oxidation sites excluding steroid dienone is 1. The second-order valence-corrected chi connectivity index (χ2v) is 5.81. The second-order valence-electron chi connectivity index (χ2n) is 5.81. The molecule has 2 aromatic rings. The topological polar surface area (TPSA) is 90.1 Å². The molecule has 24 heavy (non-hydrogen) atoms. The highest BCUT2D eigenvalue weighted by atomic mass is 16.6. The molecule has 1 N–H and O–H groups in total. The van der Waals surface area contributed by atoms with Crippen molar-refractivity contribution in [3.8, 4) is 0 Å². The summed E-state index contributed by atoms with van der Waals surface area (Å²) in [7, 11) is 1.71. The van der Waals surface area contributed by atoms with Crippen LogP contribution in [0, 0.1) is 10.1 Å². The number of aryl methyl sites for hydroxylation is 1. The van der Waals surface area contributed by atoms with Crippen LogP contribution in [0.1, 0.15) is 35.4 Å². The van der Waals surface area contributed by atoms with E-state index in [2.05, 4.69) is 22.5 Å². The molecular formula is C17H18N4O3. The van der Waals surface area contributed by atoms with Gasteiger partial charge in [-0.15, -0.1) is 0 Å². The van der Waals surface area contributed by atoms with E-state index in [0.29, 0.717) is 5.69 Å². The summed E-state index contributed by atoms with van der Waals surface area (Å²) in [6.45, 7) is 0. The summed E-state index contributed by atoms with van der Waals surface area (Å²) in [6.07, 6.45) is 10.1. The van der Waals surface area contributed by atoms with Gasteiger partial charge >= 0.3 is 0 Å². The fourth-order valence-electron chi connectivity index (χ4n) is 2.80. The molecule has 1 heterocycles. The predicted octanol–water partition coefficient (Wildman–Crippen LogP) is 3.08. The lowest BCUT2D eigenvalue weighted by Gasteiger charge is -2.20. The van der Waals surface area contributed by atoms with E-state index in [0.717, 1.165) is 19.3 Å². The molecule has 1 aliphatic carbocycles. The van der Waals surface area contributed by atoms with Crippen LogP contribution in [-0.4, -0.2) is 26.3 Å². The van der Waals surface area contributed by atoms with Crippen molar-refractivity contribution in [2.75, 3.05) is 5.32 Å². The monoisotopic (exact) mass is 326 g/mol. The van der Waals surface area contributed by atoms with Gasteiger partial charge < -0.3 is 9.88 Å². The highest BCUT2D eigenvalue weighted by Gasteiger charge is 2.22. The van der Waals surface area contributed by atoms with Crippen LogP contribution in [0.3, 0.4) is 0 Å². The molecule has 0 saturated carbocycles. The maximum atomic E-state index is 12.5. The quantitative estimate of drug-likeness (QED) is 0.395. The molecule has 0 radical (unpaired) electrons. The molecule has 0 spiro atoms. The molecule has 1 atom stereocenters. The van der Waals surface area contributed by atoms with Crippen molar-refractivity contribution < 1.29 is 9.72 Å². The first-order valence-electron chi connectivity index (χ1n) is 7.78. The van der Waals surface area contributed by atoms with Gasteiger partial charge in [0.05, 0.1) is 4.92 Å². The summed E-state index contributed by atoms with van der Waals surface area (Å²) in [5.41, 5.74) is 0.603. The lowest BCUT2D eigenvalue weighted by molar-refractivity contribution is -0.384. The van der Waals surface area contributed by atoms with Gasteiger partial charge in [0.25, 0.3) is 5.69 Å². The maximum absolute atomic E-state index is 12.5. The Balaban J connectivity index is 1.89. The van der Waals surface area contributed by atoms with Gasteiger partial charge in [0, 0.05) is 37.1 Å². The van der Waals surface area contributed by atoms with Crippen molar-refractivity contribution in [2.45, 2.75) is 25.3 Å². The molecule has 1 aliphatic rings.